The van der Waals surface area contributed by atoms with Crippen molar-refractivity contribution in [2.75, 3.05) is 19.7 Å². The average Bonchev–Trinajstić information content (AvgIpc) is 3.39. The largest absolute Gasteiger partial charge is 0.376 e. The predicted molar refractivity (Wildman–Crippen MR) is 121 cm³/mol. The normalized spacial score (nSPS) is 16.1. The second-order valence-corrected chi connectivity index (χ2v) is 9.51. The summed E-state index contributed by atoms with van der Waals surface area (Å²) in [6, 6.07) is 11.9. The Bertz CT molecular complexity index is 838. The first kappa shape index (κ1) is 23.1. The van der Waals surface area contributed by atoms with Gasteiger partial charge in [-0.05, 0) is 42.3 Å². The molecular weight excluding hydrogens is 443 g/mol. The van der Waals surface area contributed by atoms with E-state index in [1.165, 1.54) is 4.90 Å². The van der Waals surface area contributed by atoms with Crippen molar-refractivity contribution in [1.29, 1.82) is 0 Å². The number of ether oxygens (including phenoxy) is 1. The molecule has 0 spiro atoms. The van der Waals surface area contributed by atoms with Gasteiger partial charge in [-0.2, -0.15) is 0 Å². The molecule has 0 aliphatic carbocycles. The molecule has 1 aromatic carbocycles. The van der Waals surface area contributed by atoms with Crippen LogP contribution < -0.4 is 0 Å². The van der Waals surface area contributed by atoms with Crippen molar-refractivity contribution in [2.24, 2.45) is 0 Å². The van der Waals surface area contributed by atoms with Crippen LogP contribution in [0.1, 0.15) is 28.8 Å². The molecule has 0 radical (unpaired) electrons. The number of hydrogen-bond donors (Lipinski definition) is 0. The van der Waals surface area contributed by atoms with Crippen molar-refractivity contribution < 1.29 is 14.3 Å². The van der Waals surface area contributed by atoms with Gasteiger partial charge in [0.2, 0.25) is 5.91 Å². The first-order valence-corrected chi connectivity index (χ1v) is 11.7. The first-order valence-electron chi connectivity index (χ1n) is 9.97. The van der Waals surface area contributed by atoms with Crippen molar-refractivity contribution in [1.82, 2.24) is 9.80 Å². The molecule has 2 aromatic rings. The molecule has 1 aliphatic rings. The van der Waals surface area contributed by atoms with Gasteiger partial charge in [-0.25, -0.2) is 0 Å². The average molecular weight is 469 g/mol. The lowest BCUT2D eigenvalue weighted by Crippen LogP contribution is -2.46. The number of amides is 2. The number of carbonyl (C=O) groups is 2. The summed E-state index contributed by atoms with van der Waals surface area (Å²) >= 11 is 13.3. The Balaban J connectivity index is 1.76. The van der Waals surface area contributed by atoms with E-state index in [0.29, 0.717) is 26.2 Å². The van der Waals surface area contributed by atoms with Crippen LogP contribution in [-0.4, -0.2) is 52.3 Å². The summed E-state index contributed by atoms with van der Waals surface area (Å²) in [6.07, 6.45) is 1.72. The van der Waals surface area contributed by atoms with Gasteiger partial charge in [0, 0.05) is 24.6 Å². The topological polar surface area (TPSA) is 49.9 Å². The maximum Gasteiger partial charge on any atom is 0.256 e. The number of alkyl halides is 2. The quantitative estimate of drug-likeness (QED) is 0.512. The lowest BCUT2D eigenvalue weighted by molar-refractivity contribution is -0.141. The van der Waals surface area contributed by atoms with Gasteiger partial charge in [0.15, 0.2) is 4.84 Å². The Morgan fingerprint density at radius 3 is 2.53 bits per heavy atom. The van der Waals surface area contributed by atoms with E-state index in [9.17, 15) is 9.59 Å². The molecule has 1 saturated heterocycles. The molecule has 8 heteroatoms. The molecule has 162 valence electrons. The molecule has 1 aromatic heterocycles. The minimum Gasteiger partial charge on any atom is -0.376 e. The lowest BCUT2D eigenvalue weighted by atomic mass is 10.2. The monoisotopic (exact) mass is 468 g/mol. The SMILES string of the molecule is Cc1ccsc1CN(Cc1ccccc1)C(=O)CN(CC1CCCO1)C(=O)C(Cl)Cl. The molecule has 30 heavy (non-hydrogen) atoms. The summed E-state index contributed by atoms with van der Waals surface area (Å²) in [7, 11) is 0. The summed E-state index contributed by atoms with van der Waals surface area (Å²) in [6.45, 7) is 3.90. The third-order valence-electron chi connectivity index (χ3n) is 5.14. The molecule has 2 amide bonds. The van der Waals surface area contributed by atoms with E-state index in [-0.39, 0.29) is 18.6 Å². The highest BCUT2D eigenvalue weighted by atomic mass is 35.5. The van der Waals surface area contributed by atoms with Crippen LogP contribution in [0.2, 0.25) is 0 Å². The third-order valence-corrected chi connectivity index (χ3v) is 6.53. The maximum atomic E-state index is 13.3. The molecule has 1 fully saturated rings. The number of rotatable bonds is 9. The lowest BCUT2D eigenvalue weighted by Gasteiger charge is -2.29. The molecule has 1 unspecified atom stereocenters. The minimum atomic E-state index is -1.21. The van der Waals surface area contributed by atoms with Crippen LogP contribution in [0.15, 0.2) is 41.8 Å². The molecule has 0 bridgehead atoms. The van der Waals surface area contributed by atoms with E-state index in [1.54, 1.807) is 16.2 Å². The summed E-state index contributed by atoms with van der Waals surface area (Å²) in [5, 5.41) is 2.02. The van der Waals surface area contributed by atoms with Gasteiger partial charge in [-0.3, -0.25) is 9.59 Å². The number of aryl methyl sites for hydroxylation is 1. The van der Waals surface area contributed by atoms with Gasteiger partial charge in [-0.1, -0.05) is 53.5 Å². The number of halogens is 2. The van der Waals surface area contributed by atoms with Crippen molar-refractivity contribution in [3.05, 3.63) is 57.8 Å². The molecule has 1 atom stereocenters. The fourth-order valence-electron chi connectivity index (χ4n) is 3.44. The zero-order valence-electron chi connectivity index (χ0n) is 16.9. The molecule has 5 nitrogen and oxygen atoms in total. The second-order valence-electron chi connectivity index (χ2n) is 7.42. The van der Waals surface area contributed by atoms with Crippen molar-refractivity contribution >= 4 is 46.4 Å². The number of thiophene rings is 1. The standard InChI is InChI=1S/C22H26Cl2N2O3S/c1-16-9-11-30-19(16)14-25(12-17-6-3-2-4-7-17)20(27)15-26(22(28)21(23)24)13-18-8-5-10-29-18/h2-4,6-7,9,11,18,21H,5,8,10,12-15H2,1H3. The Morgan fingerprint density at radius 2 is 1.93 bits per heavy atom. The molecule has 0 saturated carbocycles. The number of benzene rings is 1. The Hall–Kier alpha value is -1.60. The zero-order valence-corrected chi connectivity index (χ0v) is 19.3. The van der Waals surface area contributed by atoms with Crippen LogP contribution in [0.4, 0.5) is 0 Å². The fraction of sp³-hybridized carbons (Fsp3) is 0.455. The van der Waals surface area contributed by atoms with E-state index < -0.39 is 10.7 Å². The van der Waals surface area contributed by atoms with Gasteiger partial charge >= 0.3 is 0 Å². The fourth-order valence-corrected chi connectivity index (χ4v) is 4.64. The number of nitrogens with zero attached hydrogens (tertiary/aromatic N) is 2. The van der Waals surface area contributed by atoms with Crippen LogP contribution in [0, 0.1) is 6.92 Å². The molecule has 2 heterocycles. The van der Waals surface area contributed by atoms with E-state index in [0.717, 1.165) is 28.8 Å². The summed E-state index contributed by atoms with van der Waals surface area (Å²) in [5.41, 5.74) is 2.18. The first-order chi connectivity index (χ1) is 14.4. The Morgan fingerprint density at radius 1 is 1.17 bits per heavy atom. The number of hydrogen-bond acceptors (Lipinski definition) is 4. The highest BCUT2D eigenvalue weighted by Crippen LogP contribution is 2.21. The highest BCUT2D eigenvalue weighted by molar-refractivity contribution is 7.10. The molecular formula is C22H26Cl2N2O3S. The Labute approximate surface area is 191 Å². The van der Waals surface area contributed by atoms with Crippen LogP contribution in [0.3, 0.4) is 0 Å². The van der Waals surface area contributed by atoms with Crippen molar-refractivity contribution in [3.8, 4) is 0 Å². The van der Waals surface area contributed by atoms with Crippen LogP contribution in [0.25, 0.3) is 0 Å². The predicted octanol–water partition coefficient (Wildman–Crippen LogP) is 4.40. The molecule has 3 rings (SSSR count). The molecule has 0 N–H and O–H groups in total. The van der Waals surface area contributed by atoms with Crippen molar-refractivity contribution in [2.45, 2.75) is 43.8 Å². The van der Waals surface area contributed by atoms with Crippen LogP contribution >= 0.6 is 34.5 Å². The van der Waals surface area contributed by atoms with Gasteiger partial charge in [-0.15, -0.1) is 11.3 Å². The minimum absolute atomic E-state index is 0.0775. The van der Waals surface area contributed by atoms with Crippen LogP contribution in [-0.2, 0) is 27.4 Å². The van der Waals surface area contributed by atoms with Crippen LogP contribution in [0.5, 0.6) is 0 Å². The van der Waals surface area contributed by atoms with E-state index in [4.69, 9.17) is 27.9 Å². The molecule has 1 aliphatic heterocycles. The smallest absolute Gasteiger partial charge is 0.256 e. The van der Waals surface area contributed by atoms with Gasteiger partial charge in [0.25, 0.3) is 5.91 Å². The third kappa shape index (κ3) is 6.45. The second kappa shape index (κ2) is 11.1. The maximum absolute atomic E-state index is 13.3. The number of carbonyl (C=O) groups excluding carboxylic acids is 2. The highest BCUT2D eigenvalue weighted by Gasteiger charge is 2.29. The summed E-state index contributed by atoms with van der Waals surface area (Å²) in [4.78, 5) is 29.0. The zero-order chi connectivity index (χ0) is 21.5. The summed E-state index contributed by atoms with van der Waals surface area (Å²) in [5.74, 6) is -0.610. The van der Waals surface area contributed by atoms with Crippen molar-refractivity contribution in [3.63, 3.8) is 0 Å². The van der Waals surface area contributed by atoms with E-state index in [2.05, 4.69) is 0 Å². The van der Waals surface area contributed by atoms with Gasteiger partial charge in [0.05, 0.1) is 19.2 Å². The summed E-state index contributed by atoms with van der Waals surface area (Å²) < 4.78 is 5.65. The van der Waals surface area contributed by atoms with E-state index in [1.807, 2.05) is 48.7 Å². The van der Waals surface area contributed by atoms with Gasteiger partial charge < -0.3 is 14.5 Å². The Kier molecular flexibility index (Phi) is 8.57. The van der Waals surface area contributed by atoms with E-state index >= 15 is 0 Å². The van der Waals surface area contributed by atoms with Gasteiger partial charge in [0.1, 0.15) is 0 Å².